The first kappa shape index (κ1) is 15.0. The molecule has 0 aromatic heterocycles. The standard InChI is InChI=1S/C15H20BrNO/c1-5-6-7-18-14-11(10-17)8-12(9-13(14)16)15(2,3)4/h8-9H,5-7H2,1-4H3. The Morgan fingerprint density at radius 3 is 2.50 bits per heavy atom. The Labute approximate surface area is 118 Å². The van der Waals surface area contributed by atoms with Crippen LogP contribution < -0.4 is 4.74 Å². The fourth-order valence-electron chi connectivity index (χ4n) is 1.57. The van der Waals surface area contributed by atoms with E-state index in [1.807, 2.05) is 12.1 Å². The molecular weight excluding hydrogens is 290 g/mol. The molecule has 0 heterocycles. The maximum absolute atomic E-state index is 9.24. The molecule has 1 aromatic rings. The van der Waals surface area contributed by atoms with E-state index in [-0.39, 0.29) is 5.41 Å². The maximum Gasteiger partial charge on any atom is 0.151 e. The van der Waals surface area contributed by atoms with E-state index in [9.17, 15) is 5.26 Å². The molecular formula is C15H20BrNO. The highest BCUT2D eigenvalue weighted by molar-refractivity contribution is 9.10. The van der Waals surface area contributed by atoms with Gasteiger partial charge in [-0.15, -0.1) is 0 Å². The molecule has 1 aromatic carbocycles. The van der Waals surface area contributed by atoms with Crippen molar-refractivity contribution in [3.05, 3.63) is 27.7 Å². The number of hydrogen-bond donors (Lipinski definition) is 0. The predicted molar refractivity (Wildman–Crippen MR) is 78.0 cm³/mol. The second-order valence-electron chi connectivity index (χ2n) is 5.40. The molecule has 0 saturated carbocycles. The monoisotopic (exact) mass is 309 g/mol. The lowest BCUT2D eigenvalue weighted by Crippen LogP contribution is -2.12. The van der Waals surface area contributed by atoms with E-state index in [0.29, 0.717) is 17.9 Å². The van der Waals surface area contributed by atoms with Crippen LogP contribution in [-0.4, -0.2) is 6.61 Å². The van der Waals surface area contributed by atoms with E-state index < -0.39 is 0 Å². The summed E-state index contributed by atoms with van der Waals surface area (Å²) < 4.78 is 6.56. The molecule has 98 valence electrons. The predicted octanol–water partition coefficient (Wildman–Crippen LogP) is 4.80. The summed E-state index contributed by atoms with van der Waals surface area (Å²) in [5.74, 6) is 0.666. The van der Waals surface area contributed by atoms with Crippen LogP contribution in [0.25, 0.3) is 0 Å². The quantitative estimate of drug-likeness (QED) is 0.749. The first-order chi connectivity index (χ1) is 8.40. The molecule has 0 aliphatic carbocycles. The van der Waals surface area contributed by atoms with Crippen molar-refractivity contribution in [3.8, 4) is 11.8 Å². The second kappa shape index (κ2) is 6.24. The van der Waals surface area contributed by atoms with Crippen LogP contribution >= 0.6 is 15.9 Å². The first-order valence-corrected chi connectivity index (χ1v) is 7.06. The number of ether oxygens (including phenoxy) is 1. The van der Waals surface area contributed by atoms with Gasteiger partial charge in [-0.05, 0) is 45.5 Å². The number of benzene rings is 1. The van der Waals surface area contributed by atoms with Crippen LogP contribution in [0, 0.1) is 11.3 Å². The number of nitriles is 1. The summed E-state index contributed by atoms with van der Waals surface area (Å²) in [6, 6.07) is 6.19. The normalized spacial score (nSPS) is 11.1. The van der Waals surface area contributed by atoms with Gasteiger partial charge in [0.15, 0.2) is 5.75 Å². The van der Waals surface area contributed by atoms with Crippen LogP contribution in [0.4, 0.5) is 0 Å². The van der Waals surface area contributed by atoms with E-state index in [1.165, 1.54) is 0 Å². The average molecular weight is 310 g/mol. The SMILES string of the molecule is CCCCOc1c(Br)cc(C(C)(C)C)cc1C#N. The van der Waals surface area contributed by atoms with E-state index >= 15 is 0 Å². The largest absolute Gasteiger partial charge is 0.491 e. The van der Waals surface area contributed by atoms with Crippen LogP contribution in [-0.2, 0) is 5.41 Å². The molecule has 0 aliphatic heterocycles. The third-order valence-corrected chi connectivity index (χ3v) is 3.36. The van der Waals surface area contributed by atoms with Gasteiger partial charge in [0.1, 0.15) is 6.07 Å². The molecule has 0 fully saturated rings. The van der Waals surface area contributed by atoms with E-state index in [4.69, 9.17) is 4.74 Å². The Morgan fingerprint density at radius 1 is 1.33 bits per heavy atom. The minimum atomic E-state index is 0.0239. The van der Waals surface area contributed by atoms with Gasteiger partial charge in [0, 0.05) is 0 Å². The Kier molecular flexibility index (Phi) is 5.22. The van der Waals surface area contributed by atoms with Crippen molar-refractivity contribution in [2.45, 2.75) is 46.0 Å². The van der Waals surface area contributed by atoms with Crippen molar-refractivity contribution < 1.29 is 4.74 Å². The highest BCUT2D eigenvalue weighted by Crippen LogP contribution is 2.34. The summed E-state index contributed by atoms with van der Waals surface area (Å²) in [5, 5.41) is 9.24. The first-order valence-electron chi connectivity index (χ1n) is 6.27. The number of rotatable bonds is 4. The van der Waals surface area contributed by atoms with Gasteiger partial charge in [-0.2, -0.15) is 5.26 Å². The Morgan fingerprint density at radius 2 is 2.00 bits per heavy atom. The number of unbranched alkanes of at least 4 members (excludes halogenated alkanes) is 1. The molecule has 0 bridgehead atoms. The molecule has 0 spiro atoms. The molecule has 0 amide bonds. The molecule has 18 heavy (non-hydrogen) atoms. The topological polar surface area (TPSA) is 33.0 Å². The van der Waals surface area contributed by atoms with E-state index in [2.05, 4.69) is 49.7 Å². The van der Waals surface area contributed by atoms with Crippen LogP contribution in [0.1, 0.15) is 51.7 Å². The van der Waals surface area contributed by atoms with Crippen molar-refractivity contribution in [1.29, 1.82) is 5.26 Å². The Bertz CT molecular complexity index is 455. The van der Waals surface area contributed by atoms with E-state index in [0.717, 1.165) is 22.9 Å². The van der Waals surface area contributed by atoms with Gasteiger partial charge < -0.3 is 4.74 Å². The van der Waals surface area contributed by atoms with Crippen LogP contribution in [0.15, 0.2) is 16.6 Å². The lowest BCUT2D eigenvalue weighted by atomic mass is 9.86. The zero-order valence-electron chi connectivity index (χ0n) is 11.5. The van der Waals surface area contributed by atoms with Crippen molar-refractivity contribution in [1.82, 2.24) is 0 Å². The minimum Gasteiger partial charge on any atom is -0.491 e. The molecule has 3 heteroatoms. The van der Waals surface area contributed by atoms with Crippen LogP contribution in [0.2, 0.25) is 0 Å². The zero-order chi connectivity index (χ0) is 13.8. The summed E-state index contributed by atoms with van der Waals surface area (Å²) in [6.07, 6.45) is 2.08. The summed E-state index contributed by atoms with van der Waals surface area (Å²) >= 11 is 3.51. The van der Waals surface area contributed by atoms with Gasteiger partial charge in [-0.3, -0.25) is 0 Å². The minimum absolute atomic E-state index is 0.0239. The molecule has 0 N–H and O–H groups in total. The van der Waals surface area contributed by atoms with Gasteiger partial charge in [0.05, 0.1) is 16.6 Å². The molecule has 0 radical (unpaired) electrons. The summed E-state index contributed by atoms with van der Waals surface area (Å²) in [4.78, 5) is 0. The smallest absolute Gasteiger partial charge is 0.151 e. The van der Waals surface area contributed by atoms with Crippen LogP contribution in [0.3, 0.4) is 0 Å². The van der Waals surface area contributed by atoms with Crippen molar-refractivity contribution in [2.24, 2.45) is 0 Å². The summed E-state index contributed by atoms with van der Waals surface area (Å²) in [6.45, 7) is 9.17. The van der Waals surface area contributed by atoms with Gasteiger partial charge in [-0.25, -0.2) is 0 Å². The van der Waals surface area contributed by atoms with Gasteiger partial charge in [-0.1, -0.05) is 34.1 Å². The summed E-state index contributed by atoms with van der Waals surface area (Å²) in [5.41, 5.74) is 1.76. The maximum atomic E-state index is 9.24. The molecule has 1 rings (SSSR count). The Balaban J connectivity index is 3.10. The molecule has 0 atom stereocenters. The lowest BCUT2D eigenvalue weighted by molar-refractivity contribution is 0.306. The molecule has 0 unspecified atom stereocenters. The zero-order valence-corrected chi connectivity index (χ0v) is 13.1. The summed E-state index contributed by atoms with van der Waals surface area (Å²) in [7, 11) is 0. The highest BCUT2D eigenvalue weighted by atomic mass is 79.9. The fraction of sp³-hybridized carbons (Fsp3) is 0.533. The van der Waals surface area contributed by atoms with Crippen molar-refractivity contribution in [3.63, 3.8) is 0 Å². The highest BCUT2D eigenvalue weighted by Gasteiger charge is 2.18. The molecule has 2 nitrogen and oxygen atoms in total. The fourth-order valence-corrected chi connectivity index (χ4v) is 2.15. The van der Waals surface area contributed by atoms with E-state index in [1.54, 1.807) is 0 Å². The third-order valence-electron chi connectivity index (χ3n) is 2.77. The Hall–Kier alpha value is -1.01. The van der Waals surface area contributed by atoms with Crippen LogP contribution in [0.5, 0.6) is 5.75 Å². The number of hydrogen-bond acceptors (Lipinski definition) is 2. The second-order valence-corrected chi connectivity index (χ2v) is 6.25. The molecule has 0 saturated heterocycles. The van der Waals surface area contributed by atoms with Crippen molar-refractivity contribution in [2.75, 3.05) is 6.61 Å². The van der Waals surface area contributed by atoms with Crippen molar-refractivity contribution >= 4 is 15.9 Å². The van der Waals surface area contributed by atoms with Gasteiger partial charge in [0.2, 0.25) is 0 Å². The molecule has 0 aliphatic rings. The number of nitrogens with zero attached hydrogens (tertiary/aromatic N) is 1. The van der Waals surface area contributed by atoms with Gasteiger partial charge >= 0.3 is 0 Å². The average Bonchev–Trinajstić information content (AvgIpc) is 2.29. The van der Waals surface area contributed by atoms with Gasteiger partial charge in [0.25, 0.3) is 0 Å². The third kappa shape index (κ3) is 3.74. The number of halogens is 1. The lowest BCUT2D eigenvalue weighted by Gasteiger charge is -2.21.